The van der Waals surface area contributed by atoms with Gasteiger partial charge in [-0.15, -0.1) is 12.4 Å². The van der Waals surface area contributed by atoms with Gasteiger partial charge in [-0.3, -0.25) is 0 Å². The minimum Gasteiger partial charge on any atom is -0.507 e. The van der Waals surface area contributed by atoms with Crippen LogP contribution in [0.4, 0.5) is 8.78 Å². The van der Waals surface area contributed by atoms with E-state index >= 15 is 0 Å². The van der Waals surface area contributed by atoms with Crippen molar-refractivity contribution in [2.75, 3.05) is 0 Å². The minimum atomic E-state index is -2.73. The second-order valence-electron chi connectivity index (χ2n) is 4.36. The molecule has 0 aliphatic rings. The van der Waals surface area contributed by atoms with Crippen molar-refractivity contribution in [3.8, 4) is 11.5 Å². The van der Waals surface area contributed by atoms with Gasteiger partial charge in [0.2, 0.25) is 0 Å². The lowest BCUT2D eigenvalue weighted by Gasteiger charge is -2.14. The fourth-order valence-corrected chi connectivity index (χ4v) is 1.77. The molecule has 0 fully saturated rings. The minimum absolute atomic E-state index is 0. The summed E-state index contributed by atoms with van der Waals surface area (Å²) in [7, 11) is 0. The van der Waals surface area contributed by atoms with Gasteiger partial charge in [-0.2, -0.15) is 0 Å². The van der Waals surface area contributed by atoms with Crippen LogP contribution in [-0.2, 0) is 6.61 Å². The molecule has 0 saturated heterocycles. The Morgan fingerprint density at radius 2 is 1.76 bits per heavy atom. The predicted molar refractivity (Wildman–Crippen MR) is 79.1 cm³/mol. The van der Waals surface area contributed by atoms with Crippen LogP contribution >= 0.6 is 12.4 Å². The van der Waals surface area contributed by atoms with Crippen LogP contribution in [0.1, 0.15) is 17.2 Å². The van der Waals surface area contributed by atoms with E-state index in [1.807, 2.05) is 30.3 Å². The van der Waals surface area contributed by atoms with Crippen LogP contribution < -0.4 is 10.5 Å². The fraction of sp³-hybridized carbons (Fsp3) is 0.200. The Hall–Kier alpha value is -1.85. The van der Waals surface area contributed by atoms with Gasteiger partial charge >= 0.3 is 0 Å². The fourth-order valence-electron chi connectivity index (χ4n) is 1.77. The smallest absolute Gasteiger partial charge is 0.257 e. The first-order valence-electron chi connectivity index (χ1n) is 6.11. The molecule has 0 amide bonds. The molecule has 0 unspecified atom stereocenters. The van der Waals surface area contributed by atoms with Gasteiger partial charge in [0.15, 0.2) is 0 Å². The molecule has 0 radical (unpaired) electrons. The number of alkyl halides is 2. The summed E-state index contributed by atoms with van der Waals surface area (Å²) < 4.78 is 30.5. The molecule has 114 valence electrons. The Labute approximate surface area is 127 Å². The monoisotopic (exact) mass is 315 g/mol. The first-order valence-corrected chi connectivity index (χ1v) is 6.11. The number of hydrogen-bond donors (Lipinski definition) is 2. The van der Waals surface area contributed by atoms with Crippen molar-refractivity contribution in [2.24, 2.45) is 5.73 Å². The van der Waals surface area contributed by atoms with E-state index in [1.165, 1.54) is 18.2 Å². The number of aromatic hydroxyl groups is 1. The molecule has 0 saturated carbocycles. The van der Waals surface area contributed by atoms with E-state index in [0.717, 1.165) is 5.56 Å². The van der Waals surface area contributed by atoms with Crippen molar-refractivity contribution in [3.05, 3.63) is 59.7 Å². The zero-order chi connectivity index (χ0) is 14.5. The average molecular weight is 316 g/mol. The molecule has 0 bridgehead atoms. The first-order chi connectivity index (χ1) is 9.58. The number of rotatable bonds is 5. The Kier molecular flexibility index (Phi) is 6.39. The standard InChI is InChI=1S/C15H15F2NO2.ClH/c16-15(17)14(18)12-7-6-11(8-13(12)19)20-9-10-4-2-1-3-5-10;/h1-8,14-15,19H,9,18H2;1H/t14-;/m1./s1. The molecule has 2 aromatic rings. The highest BCUT2D eigenvalue weighted by atomic mass is 35.5. The highest BCUT2D eigenvalue weighted by Crippen LogP contribution is 2.30. The van der Waals surface area contributed by atoms with Crippen LogP contribution in [0.25, 0.3) is 0 Å². The number of benzene rings is 2. The number of ether oxygens (including phenoxy) is 1. The molecule has 1 atom stereocenters. The Bertz CT molecular complexity index is 567. The highest BCUT2D eigenvalue weighted by Gasteiger charge is 2.20. The maximum absolute atomic E-state index is 12.5. The van der Waals surface area contributed by atoms with Crippen LogP contribution in [-0.4, -0.2) is 11.5 Å². The third-order valence-electron chi connectivity index (χ3n) is 2.88. The van der Waals surface area contributed by atoms with E-state index in [4.69, 9.17) is 10.5 Å². The summed E-state index contributed by atoms with van der Waals surface area (Å²) >= 11 is 0. The SMILES string of the molecule is Cl.N[C@H](c1ccc(OCc2ccccc2)cc1O)C(F)F. The van der Waals surface area contributed by atoms with Crippen LogP contribution in [0.5, 0.6) is 11.5 Å². The summed E-state index contributed by atoms with van der Waals surface area (Å²) in [5.41, 5.74) is 6.28. The zero-order valence-corrected chi connectivity index (χ0v) is 11.9. The third-order valence-corrected chi connectivity index (χ3v) is 2.88. The normalized spacial score (nSPS) is 11.8. The van der Waals surface area contributed by atoms with Gasteiger partial charge in [0.05, 0.1) is 6.04 Å². The lowest BCUT2D eigenvalue weighted by atomic mass is 10.1. The molecule has 3 N–H and O–H groups in total. The van der Waals surface area contributed by atoms with Gasteiger partial charge in [0, 0.05) is 11.6 Å². The van der Waals surface area contributed by atoms with Crippen molar-refractivity contribution >= 4 is 12.4 Å². The molecular formula is C15H16ClF2NO2. The molecule has 0 spiro atoms. The largest absolute Gasteiger partial charge is 0.507 e. The zero-order valence-electron chi connectivity index (χ0n) is 11.1. The number of nitrogens with two attached hydrogens (primary N) is 1. The molecule has 0 aliphatic carbocycles. The number of phenolic OH excluding ortho intramolecular Hbond substituents is 1. The van der Waals surface area contributed by atoms with Crippen molar-refractivity contribution in [3.63, 3.8) is 0 Å². The number of halogens is 3. The Morgan fingerprint density at radius 3 is 2.33 bits per heavy atom. The Balaban J connectivity index is 0.00000220. The molecule has 21 heavy (non-hydrogen) atoms. The van der Waals surface area contributed by atoms with E-state index in [2.05, 4.69) is 0 Å². The number of phenols is 1. The van der Waals surface area contributed by atoms with Gasteiger partial charge in [0.25, 0.3) is 6.43 Å². The van der Waals surface area contributed by atoms with Gasteiger partial charge < -0.3 is 15.6 Å². The average Bonchev–Trinajstić information content (AvgIpc) is 2.45. The van der Waals surface area contributed by atoms with Gasteiger partial charge in [-0.25, -0.2) is 8.78 Å². The lowest BCUT2D eigenvalue weighted by molar-refractivity contribution is 0.115. The molecule has 0 aliphatic heterocycles. The quantitative estimate of drug-likeness (QED) is 0.885. The van der Waals surface area contributed by atoms with E-state index in [0.29, 0.717) is 12.4 Å². The molecule has 2 rings (SSSR count). The highest BCUT2D eigenvalue weighted by molar-refractivity contribution is 5.85. The molecule has 3 nitrogen and oxygen atoms in total. The molecule has 6 heteroatoms. The molecular weight excluding hydrogens is 300 g/mol. The Morgan fingerprint density at radius 1 is 1.10 bits per heavy atom. The maximum Gasteiger partial charge on any atom is 0.257 e. The van der Waals surface area contributed by atoms with E-state index in [1.54, 1.807) is 0 Å². The third kappa shape index (κ3) is 4.58. The van der Waals surface area contributed by atoms with Crippen molar-refractivity contribution in [1.82, 2.24) is 0 Å². The molecule has 0 heterocycles. The van der Waals surface area contributed by atoms with Gasteiger partial charge in [-0.05, 0) is 17.7 Å². The van der Waals surface area contributed by atoms with Crippen LogP contribution in [0.2, 0.25) is 0 Å². The summed E-state index contributed by atoms with van der Waals surface area (Å²) in [5, 5.41) is 9.71. The number of hydrogen-bond acceptors (Lipinski definition) is 3. The second kappa shape index (κ2) is 7.81. The maximum atomic E-state index is 12.5. The lowest BCUT2D eigenvalue weighted by Crippen LogP contribution is -2.18. The van der Waals surface area contributed by atoms with Crippen LogP contribution in [0.15, 0.2) is 48.5 Å². The molecule has 2 aromatic carbocycles. The van der Waals surface area contributed by atoms with Crippen LogP contribution in [0, 0.1) is 0 Å². The van der Waals surface area contributed by atoms with Gasteiger partial charge in [0.1, 0.15) is 18.1 Å². The van der Waals surface area contributed by atoms with E-state index in [-0.39, 0.29) is 23.7 Å². The first kappa shape index (κ1) is 17.2. The van der Waals surface area contributed by atoms with Crippen molar-refractivity contribution in [1.29, 1.82) is 0 Å². The van der Waals surface area contributed by atoms with Crippen LogP contribution in [0.3, 0.4) is 0 Å². The summed E-state index contributed by atoms with van der Waals surface area (Å²) in [6, 6.07) is 12.1. The summed E-state index contributed by atoms with van der Waals surface area (Å²) in [5.74, 6) is 0.111. The van der Waals surface area contributed by atoms with E-state index in [9.17, 15) is 13.9 Å². The van der Waals surface area contributed by atoms with Crippen molar-refractivity contribution in [2.45, 2.75) is 19.1 Å². The second-order valence-corrected chi connectivity index (χ2v) is 4.36. The van der Waals surface area contributed by atoms with Crippen molar-refractivity contribution < 1.29 is 18.6 Å². The topological polar surface area (TPSA) is 55.5 Å². The summed E-state index contributed by atoms with van der Waals surface area (Å²) in [6.45, 7) is 0.334. The van der Waals surface area contributed by atoms with Gasteiger partial charge in [-0.1, -0.05) is 30.3 Å². The summed E-state index contributed by atoms with van der Waals surface area (Å²) in [4.78, 5) is 0. The van der Waals surface area contributed by atoms with E-state index < -0.39 is 12.5 Å². The predicted octanol–water partition coefficient (Wildman–Crippen LogP) is 3.66. The molecule has 0 aromatic heterocycles. The summed E-state index contributed by atoms with van der Waals surface area (Å²) in [6.07, 6.45) is -2.73.